The van der Waals surface area contributed by atoms with Crippen molar-refractivity contribution in [3.8, 4) is 0 Å². The highest BCUT2D eigenvalue weighted by Crippen LogP contribution is 2.37. The number of thiazole rings is 1. The highest BCUT2D eigenvalue weighted by molar-refractivity contribution is 7.99. The van der Waals surface area contributed by atoms with Crippen molar-refractivity contribution < 1.29 is 0 Å². The third-order valence-corrected chi connectivity index (χ3v) is 4.64. The fourth-order valence-electron chi connectivity index (χ4n) is 1.35. The van der Waals surface area contributed by atoms with E-state index in [0.717, 1.165) is 22.1 Å². The number of hydrogen-bond donors (Lipinski definition) is 1. The van der Waals surface area contributed by atoms with Crippen LogP contribution in [0.3, 0.4) is 0 Å². The predicted molar refractivity (Wildman–Crippen MR) is 72.5 cm³/mol. The van der Waals surface area contributed by atoms with Crippen LogP contribution in [0.25, 0.3) is 0 Å². The van der Waals surface area contributed by atoms with Crippen LogP contribution in [0, 0.1) is 0 Å². The van der Waals surface area contributed by atoms with Crippen molar-refractivity contribution in [1.82, 2.24) is 9.36 Å². The second kappa shape index (κ2) is 5.03. The molecule has 0 amide bonds. The average molecular weight is 272 g/mol. The predicted octanol–water partition coefficient (Wildman–Crippen LogP) is 2.54. The van der Waals surface area contributed by atoms with Crippen LogP contribution in [0.4, 0.5) is 10.8 Å². The Morgan fingerprint density at radius 1 is 1.56 bits per heavy atom. The Kier molecular flexibility index (Phi) is 3.67. The van der Waals surface area contributed by atoms with Crippen LogP contribution in [0.1, 0.15) is 5.69 Å². The summed E-state index contributed by atoms with van der Waals surface area (Å²) in [6, 6.07) is 0. The standard InChI is InChI=1S/C9H12N4S3/c1-13(3-6-4-15-5-11-6)9-7(14-2)8(10)12-16-9/h4-5H,3H2,1-2H3,(H2,10,12). The minimum Gasteiger partial charge on any atom is -0.382 e. The quantitative estimate of drug-likeness (QED) is 0.867. The van der Waals surface area contributed by atoms with Gasteiger partial charge in [-0.05, 0) is 17.8 Å². The van der Waals surface area contributed by atoms with Gasteiger partial charge >= 0.3 is 0 Å². The van der Waals surface area contributed by atoms with E-state index in [-0.39, 0.29) is 0 Å². The molecule has 2 rings (SSSR count). The van der Waals surface area contributed by atoms with Gasteiger partial charge in [-0.15, -0.1) is 23.1 Å². The lowest BCUT2D eigenvalue weighted by Crippen LogP contribution is -2.15. The molecule has 0 unspecified atom stereocenters. The van der Waals surface area contributed by atoms with E-state index in [1.54, 1.807) is 23.1 Å². The first kappa shape index (κ1) is 11.7. The lowest BCUT2D eigenvalue weighted by atomic mass is 10.4. The molecule has 86 valence electrons. The number of nitrogen functional groups attached to an aromatic ring is 1. The van der Waals surface area contributed by atoms with Crippen LogP contribution in [-0.2, 0) is 6.54 Å². The molecule has 0 fully saturated rings. The Morgan fingerprint density at radius 2 is 2.38 bits per heavy atom. The normalized spacial score (nSPS) is 10.6. The summed E-state index contributed by atoms with van der Waals surface area (Å²) in [5, 5.41) is 3.16. The van der Waals surface area contributed by atoms with Gasteiger partial charge in [-0.2, -0.15) is 4.37 Å². The van der Waals surface area contributed by atoms with Crippen LogP contribution in [0.15, 0.2) is 15.8 Å². The topological polar surface area (TPSA) is 55.0 Å². The molecule has 2 heterocycles. The van der Waals surface area contributed by atoms with E-state index in [2.05, 4.69) is 19.6 Å². The lowest BCUT2D eigenvalue weighted by molar-refractivity contribution is 0.896. The fourth-order valence-corrected chi connectivity index (χ4v) is 3.57. The highest BCUT2D eigenvalue weighted by atomic mass is 32.2. The molecule has 0 aliphatic heterocycles. The minimum absolute atomic E-state index is 0.623. The van der Waals surface area contributed by atoms with E-state index in [4.69, 9.17) is 5.73 Å². The molecule has 7 heteroatoms. The molecular formula is C9H12N4S3. The van der Waals surface area contributed by atoms with Crippen LogP contribution in [0.5, 0.6) is 0 Å². The third-order valence-electron chi connectivity index (χ3n) is 2.09. The summed E-state index contributed by atoms with van der Waals surface area (Å²) in [7, 11) is 2.03. The maximum absolute atomic E-state index is 5.80. The van der Waals surface area contributed by atoms with Crippen LogP contribution < -0.4 is 10.6 Å². The number of aromatic nitrogens is 2. The molecular weight excluding hydrogens is 260 g/mol. The van der Waals surface area contributed by atoms with Gasteiger partial charge in [-0.1, -0.05) is 0 Å². The number of rotatable bonds is 4. The van der Waals surface area contributed by atoms with Crippen molar-refractivity contribution in [2.24, 2.45) is 0 Å². The summed E-state index contributed by atoms with van der Waals surface area (Å²) in [5.41, 5.74) is 8.72. The summed E-state index contributed by atoms with van der Waals surface area (Å²) in [6.45, 7) is 0.790. The molecule has 0 aliphatic carbocycles. The molecule has 0 aliphatic rings. The molecule has 2 aromatic rings. The zero-order chi connectivity index (χ0) is 11.5. The molecule has 0 atom stereocenters. The van der Waals surface area contributed by atoms with Crippen molar-refractivity contribution in [2.75, 3.05) is 23.9 Å². The number of nitrogens with two attached hydrogens (primary N) is 1. The van der Waals surface area contributed by atoms with Crippen LogP contribution >= 0.6 is 34.6 Å². The average Bonchev–Trinajstić information content (AvgIpc) is 2.87. The molecule has 0 saturated heterocycles. The first-order valence-corrected chi connectivity index (χ1v) is 7.53. The number of nitrogens with zero attached hydrogens (tertiary/aromatic N) is 3. The van der Waals surface area contributed by atoms with Gasteiger partial charge in [0.2, 0.25) is 0 Å². The Morgan fingerprint density at radius 3 is 3.00 bits per heavy atom. The van der Waals surface area contributed by atoms with Gasteiger partial charge in [0.25, 0.3) is 0 Å². The second-order valence-corrected chi connectivity index (χ2v) is 5.53. The van der Waals surface area contributed by atoms with E-state index in [1.807, 2.05) is 18.8 Å². The number of anilines is 2. The van der Waals surface area contributed by atoms with E-state index in [1.165, 1.54) is 11.5 Å². The summed E-state index contributed by atoms with van der Waals surface area (Å²) < 4.78 is 4.18. The molecule has 0 aromatic carbocycles. The van der Waals surface area contributed by atoms with Crippen molar-refractivity contribution in [3.63, 3.8) is 0 Å². The summed E-state index contributed by atoms with van der Waals surface area (Å²) in [4.78, 5) is 7.46. The van der Waals surface area contributed by atoms with E-state index in [0.29, 0.717) is 5.82 Å². The highest BCUT2D eigenvalue weighted by Gasteiger charge is 2.14. The Labute approximate surface area is 107 Å². The summed E-state index contributed by atoms with van der Waals surface area (Å²) >= 11 is 4.68. The molecule has 16 heavy (non-hydrogen) atoms. The van der Waals surface area contributed by atoms with Crippen molar-refractivity contribution >= 4 is 45.5 Å². The first-order valence-electron chi connectivity index (χ1n) is 4.59. The monoisotopic (exact) mass is 272 g/mol. The van der Waals surface area contributed by atoms with Gasteiger partial charge in [0.05, 0.1) is 22.6 Å². The molecule has 0 bridgehead atoms. The molecule has 0 spiro atoms. The second-order valence-electron chi connectivity index (χ2n) is 3.24. The van der Waals surface area contributed by atoms with Gasteiger partial charge in [0.15, 0.2) is 5.82 Å². The van der Waals surface area contributed by atoms with E-state index < -0.39 is 0 Å². The van der Waals surface area contributed by atoms with Gasteiger partial charge in [-0.3, -0.25) is 0 Å². The fraction of sp³-hybridized carbons (Fsp3) is 0.333. The third kappa shape index (κ3) is 2.31. The van der Waals surface area contributed by atoms with Crippen molar-refractivity contribution in [2.45, 2.75) is 11.4 Å². The SMILES string of the molecule is CSc1c(N)nsc1N(C)Cc1cscn1. The van der Waals surface area contributed by atoms with Gasteiger partial charge in [0, 0.05) is 12.4 Å². The lowest BCUT2D eigenvalue weighted by Gasteiger charge is -2.16. The van der Waals surface area contributed by atoms with E-state index >= 15 is 0 Å². The number of thioether (sulfide) groups is 1. The molecule has 0 saturated carbocycles. The number of hydrogen-bond acceptors (Lipinski definition) is 7. The van der Waals surface area contributed by atoms with Gasteiger partial charge in [0.1, 0.15) is 5.00 Å². The van der Waals surface area contributed by atoms with Crippen molar-refractivity contribution in [1.29, 1.82) is 0 Å². The smallest absolute Gasteiger partial charge is 0.153 e. The van der Waals surface area contributed by atoms with Gasteiger partial charge in [-0.25, -0.2) is 4.98 Å². The zero-order valence-corrected chi connectivity index (χ0v) is 11.5. The van der Waals surface area contributed by atoms with E-state index in [9.17, 15) is 0 Å². The molecule has 2 aromatic heterocycles. The maximum atomic E-state index is 5.80. The van der Waals surface area contributed by atoms with Crippen LogP contribution in [0.2, 0.25) is 0 Å². The Hall–Kier alpha value is -0.790. The first-order chi connectivity index (χ1) is 7.72. The molecule has 0 radical (unpaired) electrons. The largest absolute Gasteiger partial charge is 0.382 e. The zero-order valence-electron chi connectivity index (χ0n) is 9.01. The maximum Gasteiger partial charge on any atom is 0.153 e. The summed E-state index contributed by atoms with van der Waals surface area (Å²) in [5.74, 6) is 0.623. The van der Waals surface area contributed by atoms with Crippen molar-refractivity contribution in [3.05, 3.63) is 16.6 Å². The minimum atomic E-state index is 0.623. The van der Waals surface area contributed by atoms with Crippen LogP contribution in [-0.4, -0.2) is 22.7 Å². The molecule has 4 nitrogen and oxygen atoms in total. The Bertz CT molecular complexity index is 451. The summed E-state index contributed by atoms with van der Waals surface area (Å²) in [6.07, 6.45) is 2.01. The molecule has 2 N–H and O–H groups in total. The van der Waals surface area contributed by atoms with Gasteiger partial charge < -0.3 is 10.6 Å². The Balaban J connectivity index is 2.17.